The Morgan fingerprint density at radius 2 is 1.44 bits per heavy atom. The molecular weight excluding hydrogens is 197 g/mol. The molecule has 0 aromatic heterocycles. The van der Waals surface area contributed by atoms with Crippen LogP contribution in [0.25, 0.3) is 0 Å². The van der Waals surface area contributed by atoms with Gasteiger partial charge in [-0.05, 0) is 25.0 Å². The SMILES string of the molecule is CCCN1B(N)N(CCC)c2ccccc21. The summed E-state index contributed by atoms with van der Waals surface area (Å²) in [5, 5.41) is 0. The molecule has 0 aliphatic carbocycles. The molecule has 16 heavy (non-hydrogen) atoms. The summed E-state index contributed by atoms with van der Waals surface area (Å²) in [6.07, 6.45) is 2.25. The Hall–Kier alpha value is -1.16. The maximum atomic E-state index is 6.30. The van der Waals surface area contributed by atoms with Crippen molar-refractivity contribution in [1.29, 1.82) is 0 Å². The van der Waals surface area contributed by atoms with Crippen LogP contribution in [0.3, 0.4) is 0 Å². The van der Waals surface area contributed by atoms with Gasteiger partial charge in [-0.3, -0.25) is 0 Å². The minimum Gasteiger partial charge on any atom is -0.380 e. The highest BCUT2D eigenvalue weighted by Gasteiger charge is 2.36. The molecule has 0 unspecified atom stereocenters. The van der Waals surface area contributed by atoms with E-state index in [9.17, 15) is 0 Å². The average Bonchev–Trinajstić information content (AvgIpc) is 2.56. The molecule has 1 aliphatic rings. The van der Waals surface area contributed by atoms with Gasteiger partial charge in [-0.25, -0.2) is 0 Å². The van der Waals surface area contributed by atoms with Gasteiger partial charge in [0.25, 0.3) is 0 Å². The minimum absolute atomic E-state index is 0.0114. The highest BCUT2D eigenvalue weighted by atomic mass is 15.3. The molecule has 0 atom stereocenters. The van der Waals surface area contributed by atoms with E-state index in [-0.39, 0.29) is 7.12 Å². The highest BCUT2D eigenvalue weighted by molar-refractivity contribution is 6.67. The fourth-order valence-corrected chi connectivity index (χ4v) is 2.39. The smallest absolute Gasteiger partial charge is 0.380 e. The summed E-state index contributed by atoms with van der Waals surface area (Å²) >= 11 is 0. The minimum atomic E-state index is 0.0114. The zero-order valence-corrected chi connectivity index (χ0v) is 10.2. The predicted octanol–water partition coefficient (Wildman–Crippen LogP) is 2.08. The van der Waals surface area contributed by atoms with Crippen molar-refractivity contribution < 1.29 is 0 Å². The fourth-order valence-electron chi connectivity index (χ4n) is 2.39. The van der Waals surface area contributed by atoms with Crippen molar-refractivity contribution in [2.75, 3.05) is 22.7 Å². The summed E-state index contributed by atoms with van der Waals surface area (Å²) in [5.41, 5.74) is 8.86. The molecule has 0 radical (unpaired) electrons. The number of nitrogens with zero attached hydrogens (tertiary/aromatic N) is 2. The number of nitrogens with two attached hydrogens (primary N) is 1. The van der Waals surface area contributed by atoms with Crippen molar-refractivity contribution in [2.24, 2.45) is 5.64 Å². The van der Waals surface area contributed by atoms with Crippen LogP contribution in [0.2, 0.25) is 0 Å². The number of para-hydroxylation sites is 2. The quantitative estimate of drug-likeness (QED) is 0.783. The van der Waals surface area contributed by atoms with E-state index >= 15 is 0 Å². The Morgan fingerprint density at radius 1 is 1.00 bits per heavy atom. The van der Waals surface area contributed by atoms with Crippen LogP contribution in [0.15, 0.2) is 24.3 Å². The van der Waals surface area contributed by atoms with Gasteiger partial charge in [0, 0.05) is 24.5 Å². The summed E-state index contributed by atoms with van der Waals surface area (Å²) < 4.78 is 0. The molecule has 0 saturated heterocycles. The Labute approximate surface area is 98.4 Å². The number of fused-ring (bicyclic) bond motifs is 1. The second-order valence-corrected chi connectivity index (χ2v) is 4.29. The maximum absolute atomic E-state index is 6.30. The lowest BCUT2D eigenvalue weighted by atomic mass is 9.91. The van der Waals surface area contributed by atoms with Crippen LogP contribution >= 0.6 is 0 Å². The van der Waals surface area contributed by atoms with Crippen LogP contribution in [-0.4, -0.2) is 20.2 Å². The zero-order valence-electron chi connectivity index (χ0n) is 10.2. The van der Waals surface area contributed by atoms with E-state index in [1.54, 1.807) is 0 Å². The van der Waals surface area contributed by atoms with Crippen LogP contribution in [0.1, 0.15) is 26.7 Å². The van der Waals surface area contributed by atoms with Gasteiger partial charge in [0.15, 0.2) is 0 Å². The zero-order chi connectivity index (χ0) is 11.5. The third-order valence-corrected chi connectivity index (χ3v) is 3.07. The highest BCUT2D eigenvalue weighted by Crippen LogP contribution is 2.36. The summed E-state index contributed by atoms with van der Waals surface area (Å²) in [6.45, 7) is 6.44. The van der Waals surface area contributed by atoms with E-state index < -0.39 is 0 Å². The first-order valence-corrected chi connectivity index (χ1v) is 6.17. The number of hydrogen-bond donors (Lipinski definition) is 1. The van der Waals surface area contributed by atoms with Gasteiger partial charge in [0.2, 0.25) is 0 Å². The van der Waals surface area contributed by atoms with Crippen LogP contribution in [-0.2, 0) is 0 Å². The lowest BCUT2D eigenvalue weighted by Crippen LogP contribution is -2.56. The van der Waals surface area contributed by atoms with E-state index in [0.717, 1.165) is 25.9 Å². The third-order valence-electron chi connectivity index (χ3n) is 3.07. The number of rotatable bonds is 4. The second kappa shape index (κ2) is 4.79. The molecule has 0 spiro atoms. The molecule has 1 aromatic carbocycles. The number of hydrogen-bond acceptors (Lipinski definition) is 3. The van der Waals surface area contributed by atoms with E-state index in [0.29, 0.717) is 0 Å². The molecule has 4 heteroatoms. The lowest BCUT2D eigenvalue weighted by Gasteiger charge is -2.25. The molecule has 0 bridgehead atoms. The van der Waals surface area contributed by atoms with Crippen molar-refractivity contribution in [2.45, 2.75) is 26.7 Å². The van der Waals surface area contributed by atoms with Gasteiger partial charge in [0.05, 0.1) is 0 Å². The van der Waals surface area contributed by atoms with Crippen LogP contribution in [0.5, 0.6) is 0 Å². The summed E-state index contributed by atoms with van der Waals surface area (Å²) in [5.74, 6) is 0. The molecule has 86 valence electrons. The molecule has 3 nitrogen and oxygen atoms in total. The van der Waals surface area contributed by atoms with Crippen LogP contribution in [0.4, 0.5) is 11.4 Å². The van der Waals surface area contributed by atoms with Crippen molar-refractivity contribution in [1.82, 2.24) is 0 Å². The third kappa shape index (κ3) is 1.78. The standard InChI is InChI=1S/C12H20BN3/c1-3-9-15-11-7-5-6-8-12(11)16(10-4-2)13(15)14/h5-8H,3-4,9-10,14H2,1-2H3. The second-order valence-electron chi connectivity index (χ2n) is 4.29. The average molecular weight is 217 g/mol. The first kappa shape index (κ1) is 11.3. The van der Waals surface area contributed by atoms with Gasteiger partial charge in [-0.2, -0.15) is 0 Å². The Morgan fingerprint density at radius 3 is 1.81 bits per heavy atom. The van der Waals surface area contributed by atoms with Crippen molar-refractivity contribution in [3.63, 3.8) is 0 Å². The monoisotopic (exact) mass is 217 g/mol. The molecule has 1 aromatic rings. The Kier molecular flexibility index (Phi) is 3.39. The van der Waals surface area contributed by atoms with E-state index in [1.165, 1.54) is 11.4 Å². The topological polar surface area (TPSA) is 32.5 Å². The molecule has 0 fully saturated rings. The summed E-state index contributed by atoms with van der Waals surface area (Å²) in [7, 11) is 0.0114. The molecule has 1 heterocycles. The van der Waals surface area contributed by atoms with Crippen molar-refractivity contribution in [3.05, 3.63) is 24.3 Å². The lowest BCUT2D eigenvalue weighted by molar-refractivity contribution is 0.892. The molecule has 2 N–H and O–H groups in total. The van der Waals surface area contributed by atoms with Gasteiger partial charge < -0.3 is 15.3 Å². The normalized spacial score (nSPS) is 14.6. The molecule has 0 saturated carbocycles. The van der Waals surface area contributed by atoms with Crippen molar-refractivity contribution >= 4 is 18.5 Å². The Balaban J connectivity index is 2.32. The first-order valence-electron chi connectivity index (χ1n) is 6.17. The van der Waals surface area contributed by atoms with Gasteiger partial charge >= 0.3 is 7.12 Å². The maximum Gasteiger partial charge on any atom is 0.465 e. The largest absolute Gasteiger partial charge is 0.465 e. The Bertz CT molecular complexity index is 323. The number of anilines is 2. The van der Waals surface area contributed by atoms with Gasteiger partial charge in [0.1, 0.15) is 0 Å². The summed E-state index contributed by atoms with van der Waals surface area (Å²) in [6, 6.07) is 8.51. The predicted molar refractivity (Wildman–Crippen MR) is 71.7 cm³/mol. The van der Waals surface area contributed by atoms with E-state index in [4.69, 9.17) is 5.64 Å². The molecule has 1 aliphatic heterocycles. The molecular formula is C12H20BN3. The van der Waals surface area contributed by atoms with E-state index in [2.05, 4.69) is 47.7 Å². The first-order chi connectivity index (χ1) is 7.79. The van der Waals surface area contributed by atoms with Gasteiger partial charge in [-0.1, -0.05) is 26.0 Å². The van der Waals surface area contributed by atoms with E-state index in [1.807, 2.05) is 0 Å². The van der Waals surface area contributed by atoms with Gasteiger partial charge in [-0.15, -0.1) is 0 Å². The molecule has 0 amide bonds. The van der Waals surface area contributed by atoms with Crippen molar-refractivity contribution in [3.8, 4) is 0 Å². The van der Waals surface area contributed by atoms with Crippen LogP contribution in [0, 0.1) is 0 Å². The van der Waals surface area contributed by atoms with Crippen LogP contribution < -0.4 is 15.3 Å². The number of benzene rings is 1. The summed E-state index contributed by atoms with van der Waals surface area (Å²) in [4.78, 5) is 4.59. The molecule has 2 rings (SSSR count). The fraction of sp³-hybridized carbons (Fsp3) is 0.500.